The predicted octanol–water partition coefficient (Wildman–Crippen LogP) is 4.89. The van der Waals surface area contributed by atoms with E-state index in [4.69, 9.17) is 4.74 Å². The largest absolute Gasteiger partial charge is 0.494 e. The number of hydrogen-bond donors (Lipinski definition) is 0. The van der Waals surface area contributed by atoms with Crippen molar-refractivity contribution in [3.63, 3.8) is 0 Å². The fourth-order valence-electron chi connectivity index (χ4n) is 2.08. The minimum Gasteiger partial charge on any atom is -0.494 e. The first-order chi connectivity index (χ1) is 10.6. The summed E-state index contributed by atoms with van der Waals surface area (Å²) in [5.74, 6) is 0.973. The lowest BCUT2D eigenvalue weighted by atomic mass is 10.2. The summed E-state index contributed by atoms with van der Waals surface area (Å²) >= 11 is 5.09. The van der Waals surface area contributed by atoms with Crippen molar-refractivity contribution in [1.82, 2.24) is 4.90 Å². The van der Waals surface area contributed by atoms with Gasteiger partial charge in [0.1, 0.15) is 5.75 Å². The maximum Gasteiger partial charge on any atom is 0.222 e. The van der Waals surface area contributed by atoms with Crippen molar-refractivity contribution in [1.29, 1.82) is 0 Å². The van der Waals surface area contributed by atoms with E-state index in [1.54, 1.807) is 11.3 Å². The van der Waals surface area contributed by atoms with E-state index in [1.165, 1.54) is 4.88 Å². The van der Waals surface area contributed by atoms with Gasteiger partial charge >= 0.3 is 0 Å². The van der Waals surface area contributed by atoms with E-state index >= 15 is 0 Å². The van der Waals surface area contributed by atoms with E-state index in [0.29, 0.717) is 19.4 Å². The van der Waals surface area contributed by atoms with Crippen molar-refractivity contribution < 1.29 is 9.53 Å². The van der Waals surface area contributed by atoms with Crippen LogP contribution in [-0.2, 0) is 4.79 Å². The fraction of sp³-hybridized carbons (Fsp3) is 0.353. The second-order valence-electron chi connectivity index (χ2n) is 5.11. The second-order valence-corrected chi connectivity index (χ2v) is 7.00. The lowest BCUT2D eigenvalue weighted by Crippen LogP contribution is -2.29. The number of halogens is 1. The van der Waals surface area contributed by atoms with Crippen molar-refractivity contribution in [2.75, 3.05) is 13.7 Å². The summed E-state index contributed by atoms with van der Waals surface area (Å²) in [5, 5.41) is 2.04. The number of carbonyl (C=O) groups is 1. The minimum absolute atomic E-state index is 0.124. The third-order valence-corrected chi connectivity index (χ3v) is 5.06. The molecule has 1 unspecified atom stereocenters. The van der Waals surface area contributed by atoms with Crippen LogP contribution in [0.3, 0.4) is 0 Å². The van der Waals surface area contributed by atoms with Crippen LogP contribution in [0.1, 0.15) is 30.7 Å². The summed E-state index contributed by atoms with van der Waals surface area (Å²) in [6.45, 7) is 2.60. The monoisotopic (exact) mass is 381 g/mol. The quantitative estimate of drug-likeness (QED) is 0.638. The maximum absolute atomic E-state index is 12.2. The molecule has 1 aromatic heterocycles. The van der Waals surface area contributed by atoms with Gasteiger partial charge in [-0.15, -0.1) is 11.3 Å². The Morgan fingerprint density at radius 1 is 1.36 bits per heavy atom. The van der Waals surface area contributed by atoms with Gasteiger partial charge < -0.3 is 9.64 Å². The summed E-state index contributed by atoms with van der Waals surface area (Å²) in [5.41, 5.74) is 0. The summed E-state index contributed by atoms with van der Waals surface area (Å²) < 4.78 is 6.64. The normalized spacial score (nSPS) is 12.0. The molecule has 0 bridgehead atoms. The van der Waals surface area contributed by atoms with Crippen LogP contribution in [0.4, 0.5) is 0 Å². The third-order valence-electron chi connectivity index (χ3n) is 3.53. The van der Waals surface area contributed by atoms with Crippen LogP contribution < -0.4 is 4.74 Å². The fourth-order valence-corrected chi connectivity index (χ4v) is 3.29. The standard InChI is InChI=1S/C17H20BrNO2S/c1-13(16-8-5-11-22-16)19(2)17(20)9-4-10-21-15-7-3-6-14(18)12-15/h3,5-8,11-13H,4,9-10H2,1-2H3. The first-order valence-corrected chi connectivity index (χ1v) is 8.92. The molecule has 0 saturated carbocycles. The molecular weight excluding hydrogens is 362 g/mol. The molecule has 0 saturated heterocycles. The molecule has 2 aromatic rings. The highest BCUT2D eigenvalue weighted by atomic mass is 79.9. The van der Waals surface area contributed by atoms with Crippen LogP contribution in [0.2, 0.25) is 0 Å². The Balaban J connectivity index is 1.73. The zero-order valence-electron chi connectivity index (χ0n) is 12.8. The van der Waals surface area contributed by atoms with Gasteiger partial charge in [-0.05, 0) is 43.0 Å². The highest BCUT2D eigenvalue weighted by Gasteiger charge is 2.17. The summed E-state index contributed by atoms with van der Waals surface area (Å²) in [6.07, 6.45) is 1.22. The highest BCUT2D eigenvalue weighted by Crippen LogP contribution is 2.24. The van der Waals surface area contributed by atoms with E-state index in [1.807, 2.05) is 47.7 Å². The Morgan fingerprint density at radius 3 is 2.86 bits per heavy atom. The highest BCUT2D eigenvalue weighted by molar-refractivity contribution is 9.10. The van der Waals surface area contributed by atoms with Gasteiger partial charge in [0.2, 0.25) is 5.91 Å². The summed E-state index contributed by atoms with van der Waals surface area (Å²) in [6, 6.07) is 11.9. The van der Waals surface area contributed by atoms with Crippen LogP contribution >= 0.6 is 27.3 Å². The second kappa shape index (κ2) is 8.34. The van der Waals surface area contributed by atoms with Gasteiger partial charge in [0.05, 0.1) is 12.6 Å². The summed E-state index contributed by atoms with van der Waals surface area (Å²) in [7, 11) is 1.86. The van der Waals surface area contributed by atoms with Crippen molar-refractivity contribution in [2.45, 2.75) is 25.8 Å². The molecule has 1 heterocycles. The SMILES string of the molecule is CC(c1cccs1)N(C)C(=O)CCCOc1cccc(Br)c1. The van der Waals surface area contributed by atoms with Crippen LogP contribution in [0.15, 0.2) is 46.3 Å². The topological polar surface area (TPSA) is 29.5 Å². The van der Waals surface area contributed by atoms with E-state index in [9.17, 15) is 4.79 Å². The molecule has 5 heteroatoms. The number of benzene rings is 1. The summed E-state index contributed by atoms with van der Waals surface area (Å²) in [4.78, 5) is 15.2. The molecule has 1 atom stereocenters. The van der Waals surface area contributed by atoms with E-state index in [-0.39, 0.29) is 11.9 Å². The molecule has 1 amide bonds. The van der Waals surface area contributed by atoms with Crippen LogP contribution in [-0.4, -0.2) is 24.5 Å². The van der Waals surface area contributed by atoms with Crippen LogP contribution in [0.25, 0.3) is 0 Å². The first kappa shape index (κ1) is 17.0. The number of ether oxygens (including phenoxy) is 1. The van der Waals surface area contributed by atoms with Gasteiger partial charge in [-0.3, -0.25) is 4.79 Å². The number of amides is 1. The van der Waals surface area contributed by atoms with Gasteiger partial charge in [0, 0.05) is 22.8 Å². The third kappa shape index (κ3) is 4.85. The molecule has 0 fully saturated rings. The van der Waals surface area contributed by atoms with E-state index in [2.05, 4.69) is 28.9 Å². The molecule has 0 aliphatic heterocycles. The number of thiophene rings is 1. The number of hydrogen-bond acceptors (Lipinski definition) is 3. The number of rotatable bonds is 7. The van der Waals surface area contributed by atoms with Crippen LogP contribution in [0, 0.1) is 0 Å². The van der Waals surface area contributed by atoms with Crippen molar-refractivity contribution in [3.8, 4) is 5.75 Å². The molecule has 22 heavy (non-hydrogen) atoms. The van der Waals surface area contributed by atoms with E-state index in [0.717, 1.165) is 10.2 Å². The van der Waals surface area contributed by atoms with E-state index < -0.39 is 0 Å². The molecule has 0 spiro atoms. The molecule has 1 aromatic carbocycles. The Kier molecular flexibility index (Phi) is 6.46. The maximum atomic E-state index is 12.2. The average Bonchev–Trinajstić information content (AvgIpc) is 3.04. The number of carbonyl (C=O) groups excluding carboxylic acids is 1. The van der Waals surface area contributed by atoms with Gasteiger partial charge in [-0.25, -0.2) is 0 Å². The van der Waals surface area contributed by atoms with Crippen molar-refractivity contribution in [2.24, 2.45) is 0 Å². The van der Waals surface area contributed by atoms with Gasteiger partial charge in [0.25, 0.3) is 0 Å². The molecule has 3 nitrogen and oxygen atoms in total. The van der Waals surface area contributed by atoms with Crippen LogP contribution in [0.5, 0.6) is 5.75 Å². The Morgan fingerprint density at radius 2 is 2.18 bits per heavy atom. The Hall–Kier alpha value is -1.33. The molecule has 0 aliphatic rings. The Bertz CT molecular complexity index is 600. The van der Waals surface area contributed by atoms with Crippen molar-refractivity contribution >= 4 is 33.2 Å². The molecule has 2 rings (SSSR count). The molecular formula is C17H20BrNO2S. The Labute approximate surface area is 144 Å². The predicted molar refractivity (Wildman–Crippen MR) is 94.4 cm³/mol. The lowest BCUT2D eigenvalue weighted by molar-refractivity contribution is -0.132. The number of nitrogens with zero attached hydrogens (tertiary/aromatic N) is 1. The lowest BCUT2D eigenvalue weighted by Gasteiger charge is -2.24. The molecule has 0 radical (unpaired) electrons. The van der Waals surface area contributed by atoms with Crippen molar-refractivity contribution in [3.05, 3.63) is 51.1 Å². The molecule has 118 valence electrons. The zero-order chi connectivity index (χ0) is 15.9. The zero-order valence-corrected chi connectivity index (χ0v) is 15.2. The van der Waals surface area contributed by atoms with Gasteiger partial charge in [-0.1, -0.05) is 28.1 Å². The minimum atomic E-state index is 0.124. The first-order valence-electron chi connectivity index (χ1n) is 7.25. The van der Waals surface area contributed by atoms with Gasteiger partial charge in [0.15, 0.2) is 0 Å². The average molecular weight is 382 g/mol. The smallest absolute Gasteiger partial charge is 0.222 e. The molecule has 0 aliphatic carbocycles. The molecule has 0 N–H and O–H groups in total. The van der Waals surface area contributed by atoms with Gasteiger partial charge in [-0.2, -0.15) is 0 Å².